The number of carbonyl (C=O) groups is 1. The molecule has 0 aromatic heterocycles. The summed E-state index contributed by atoms with van der Waals surface area (Å²) in [6.45, 7) is 7.17. The maximum Gasteiger partial charge on any atom is 0.222 e. The van der Waals surface area contributed by atoms with Crippen molar-refractivity contribution in [3.05, 3.63) is 0 Å². The Bertz CT molecular complexity index is 192. The van der Waals surface area contributed by atoms with E-state index in [1.807, 2.05) is 11.9 Å². The second-order valence-corrected chi connectivity index (χ2v) is 4.97. The highest BCUT2D eigenvalue weighted by Gasteiger charge is 2.12. The number of carbonyl (C=O) groups excluding carboxylic acids is 1. The minimum atomic E-state index is 0.200. The number of unbranched alkanes of at least 4 members (excludes halogenated alkanes) is 2. The summed E-state index contributed by atoms with van der Waals surface area (Å²) in [6.07, 6.45) is 4.89. The molecule has 0 aliphatic carbocycles. The summed E-state index contributed by atoms with van der Waals surface area (Å²) in [5.74, 6) is 0.744. The van der Waals surface area contributed by atoms with Crippen LogP contribution in [-0.4, -0.2) is 30.4 Å². The van der Waals surface area contributed by atoms with Crippen molar-refractivity contribution in [2.24, 2.45) is 11.7 Å². The number of nitrogens with zero attached hydrogens (tertiary/aromatic N) is 1. The average molecular weight is 228 g/mol. The molecule has 0 aliphatic rings. The Kier molecular flexibility index (Phi) is 8.26. The largest absolute Gasteiger partial charge is 0.346 e. The third kappa shape index (κ3) is 6.83. The third-order valence-corrected chi connectivity index (χ3v) is 3.07. The molecule has 3 nitrogen and oxygen atoms in total. The molecule has 0 saturated heterocycles. The van der Waals surface area contributed by atoms with Gasteiger partial charge in [-0.2, -0.15) is 0 Å². The van der Waals surface area contributed by atoms with E-state index >= 15 is 0 Å². The van der Waals surface area contributed by atoms with Crippen LogP contribution in [0.1, 0.15) is 52.9 Å². The van der Waals surface area contributed by atoms with E-state index in [1.165, 1.54) is 0 Å². The molecule has 96 valence electrons. The van der Waals surface area contributed by atoms with Crippen molar-refractivity contribution in [3.8, 4) is 0 Å². The van der Waals surface area contributed by atoms with Gasteiger partial charge in [0.15, 0.2) is 0 Å². The fourth-order valence-corrected chi connectivity index (χ4v) is 1.52. The monoisotopic (exact) mass is 228 g/mol. The summed E-state index contributed by atoms with van der Waals surface area (Å²) in [4.78, 5) is 13.5. The average Bonchev–Trinajstić information content (AvgIpc) is 2.25. The maximum atomic E-state index is 11.7. The van der Waals surface area contributed by atoms with Crippen LogP contribution in [-0.2, 0) is 4.79 Å². The molecule has 0 aromatic carbocycles. The van der Waals surface area contributed by atoms with Gasteiger partial charge in [-0.25, -0.2) is 0 Å². The second-order valence-electron chi connectivity index (χ2n) is 4.97. The normalized spacial score (nSPS) is 12.9. The smallest absolute Gasteiger partial charge is 0.222 e. The Morgan fingerprint density at radius 2 is 1.94 bits per heavy atom. The zero-order chi connectivity index (χ0) is 12.6. The Morgan fingerprint density at radius 3 is 2.44 bits per heavy atom. The van der Waals surface area contributed by atoms with Crippen molar-refractivity contribution < 1.29 is 4.79 Å². The molecular formula is C13H28N2O. The second kappa shape index (κ2) is 8.57. The minimum Gasteiger partial charge on any atom is -0.346 e. The molecule has 0 spiro atoms. The van der Waals surface area contributed by atoms with Gasteiger partial charge in [-0.15, -0.1) is 0 Å². The number of hydrogen-bond acceptors (Lipinski definition) is 2. The number of hydrogen-bond donors (Lipinski definition) is 1. The van der Waals surface area contributed by atoms with Gasteiger partial charge in [-0.05, 0) is 18.8 Å². The van der Waals surface area contributed by atoms with Gasteiger partial charge in [-0.3, -0.25) is 4.79 Å². The first-order valence-electron chi connectivity index (χ1n) is 6.48. The van der Waals surface area contributed by atoms with Gasteiger partial charge in [0.25, 0.3) is 0 Å². The summed E-state index contributed by atoms with van der Waals surface area (Å²) in [6, 6.07) is 0.200. The van der Waals surface area contributed by atoms with Gasteiger partial charge >= 0.3 is 0 Å². The molecular weight excluding hydrogens is 200 g/mol. The Morgan fingerprint density at radius 1 is 1.31 bits per heavy atom. The molecule has 16 heavy (non-hydrogen) atoms. The van der Waals surface area contributed by atoms with Crippen molar-refractivity contribution in [3.63, 3.8) is 0 Å². The van der Waals surface area contributed by atoms with Crippen LogP contribution < -0.4 is 5.73 Å². The summed E-state index contributed by atoms with van der Waals surface area (Å²) < 4.78 is 0. The maximum absolute atomic E-state index is 11.7. The lowest BCUT2D eigenvalue weighted by molar-refractivity contribution is -0.130. The quantitative estimate of drug-likeness (QED) is 0.648. The lowest BCUT2D eigenvalue weighted by atomic mass is 10.0. The summed E-state index contributed by atoms with van der Waals surface area (Å²) in [5, 5.41) is 0. The minimum absolute atomic E-state index is 0.200. The van der Waals surface area contributed by atoms with Crippen molar-refractivity contribution >= 4 is 5.91 Å². The van der Waals surface area contributed by atoms with Crippen LogP contribution in [0.4, 0.5) is 0 Å². The van der Waals surface area contributed by atoms with Crippen molar-refractivity contribution in [1.82, 2.24) is 4.90 Å². The number of rotatable bonds is 8. The molecule has 1 amide bonds. The number of nitrogens with two attached hydrogens (primary N) is 1. The van der Waals surface area contributed by atoms with E-state index in [0.29, 0.717) is 12.3 Å². The first-order chi connectivity index (χ1) is 7.49. The molecule has 3 heteroatoms. The van der Waals surface area contributed by atoms with Gasteiger partial charge in [0.1, 0.15) is 0 Å². The van der Waals surface area contributed by atoms with E-state index in [1.54, 1.807) is 0 Å². The zero-order valence-electron chi connectivity index (χ0n) is 11.3. The number of amides is 1. The molecule has 0 rings (SSSR count). The van der Waals surface area contributed by atoms with E-state index in [4.69, 9.17) is 5.73 Å². The van der Waals surface area contributed by atoms with E-state index in [0.717, 1.165) is 32.2 Å². The van der Waals surface area contributed by atoms with Gasteiger partial charge < -0.3 is 10.6 Å². The molecule has 0 fully saturated rings. The van der Waals surface area contributed by atoms with Crippen LogP contribution in [0.15, 0.2) is 0 Å². The molecule has 0 bridgehead atoms. The highest BCUT2D eigenvalue weighted by Crippen LogP contribution is 2.06. The molecule has 0 saturated carbocycles. The van der Waals surface area contributed by atoms with E-state index < -0.39 is 0 Å². The highest BCUT2D eigenvalue weighted by atomic mass is 16.2. The van der Waals surface area contributed by atoms with Crippen LogP contribution in [0.3, 0.4) is 0 Å². The molecule has 0 heterocycles. The standard InChI is InChI=1S/C13H28N2O/c1-5-6-7-8-13(16)15(4)10-9-12(14)11(2)3/h11-12H,5-10,14H2,1-4H3. The fourth-order valence-electron chi connectivity index (χ4n) is 1.52. The Balaban J connectivity index is 3.70. The lowest BCUT2D eigenvalue weighted by Crippen LogP contribution is -2.34. The molecule has 2 N–H and O–H groups in total. The molecule has 1 unspecified atom stereocenters. The van der Waals surface area contributed by atoms with Gasteiger partial charge in [0, 0.05) is 26.1 Å². The first-order valence-corrected chi connectivity index (χ1v) is 6.48. The zero-order valence-corrected chi connectivity index (χ0v) is 11.3. The van der Waals surface area contributed by atoms with Crippen LogP contribution in [0.5, 0.6) is 0 Å². The van der Waals surface area contributed by atoms with Crippen LogP contribution in [0.2, 0.25) is 0 Å². The summed E-state index contributed by atoms with van der Waals surface area (Å²) in [7, 11) is 1.88. The summed E-state index contributed by atoms with van der Waals surface area (Å²) >= 11 is 0. The van der Waals surface area contributed by atoms with Gasteiger partial charge in [0.05, 0.1) is 0 Å². The molecule has 0 aromatic rings. The van der Waals surface area contributed by atoms with Crippen LogP contribution >= 0.6 is 0 Å². The van der Waals surface area contributed by atoms with Crippen molar-refractivity contribution in [2.45, 2.75) is 58.9 Å². The van der Waals surface area contributed by atoms with Crippen LogP contribution in [0, 0.1) is 5.92 Å². The molecule has 0 aliphatic heterocycles. The fraction of sp³-hybridized carbons (Fsp3) is 0.923. The highest BCUT2D eigenvalue weighted by molar-refractivity contribution is 5.75. The Hall–Kier alpha value is -0.570. The first kappa shape index (κ1) is 15.4. The molecule has 1 atom stereocenters. The Labute approximate surface area is 100 Å². The topological polar surface area (TPSA) is 46.3 Å². The summed E-state index contributed by atoms with van der Waals surface area (Å²) in [5.41, 5.74) is 5.95. The molecule has 0 radical (unpaired) electrons. The van der Waals surface area contributed by atoms with Crippen LogP contribution in [0.25, 0.3) is 0 Å². The SMILES string of the molecule is CCCCCC(=O)N(C)CCC(N)C(C)C. The van der Waals surface area contributed by atoms with E-state index in [-0.39, 0.29) is 11.9 Å². The predicted molar refractivity (Wildman–Crippen MR) is 69.2 cm³/mol. The van der Waals surface area contributed by atoms with Gasteiger partial charge in [0.2, 0.25) is 5.91 Å². The third-order valence-electron chi connectivity index (χ3n) is 3.07. The van der Waals surface area contributed by atoms with Gasteiger partial charge in [-0.1, -0.05) is 33.6 Å². The van der Waals surface area contributed by atoms with Crippen molar-refractivity contribution in [2.75, 3.05) is 13.6 Å². The van der Waals surface area contributed by atoms with E-state index in [9.17, 15) is 4.79 Å². The van der Waals surface area contributed by atoms with E-state index in [2.05, 4.69) is 20.8 Å². The van der Waals surface area contributed by atoms with Crippen molar-refractivity contribution in [1.29, 1.82) is 0 Å². The predicted octanol–water partition coefficient (Wildman–Crippen LogP) is 2.40. The lowest BCUT2D eigenvalue weighted by Gasteiger charge is -2.21.